The Kier molecular flexibility index (Phi) is 3.36. The number of aryl methyl sites for hydroxylation is 3. The molecule has 84 valence electrons. The third-order valence-corrected chi connectivity index (χ3v) is 2.77. The zero-order chi connectivity index (χ0) is 10.7. The van der Waals surface area contributed by atoms with Crippen LogP contribution < -0.4 is 5.32 Å². The van der Waals surface area contributed by atoms with Crippen LogP contribution in [0.3, 0.4) is 0 Å². The first kappa shape index (κ1) is 10.6. The largest absolute Gasteiger partial charge is 0.314 e. The molecule has 1 aliphatic rings. The van der Waals surface area contributed by atoms with Crippen molar-refractivity contribution in [1.29, 1.82) is 0 Å². The van der Waals surface area contributed by atoms with Gasteiger partial charge in [0.1, 0.15) is 11.6 Å². The lowest BCUT2D eigenvalue weighted by Crippen LogP contribution is -2.18. The quantitative estimate of drug-likeness (QED) is 0.719. The van der Waals surface area contributed by atoms with Gasteiger partial charge in [0.05, 0.1) is 0 Å². The average molecular weight is 208 g/mol. The lowest BCUT2D eigenvalue weighted by molar-refractivity contribution is 0.523. The number of nitrogens with one attached hydrogen (secondary N) is 1. The maximum absolute atomic E-state index is 4.34. The summed E-state index contributed by atoms with van der Waals surface area (Å²) in [5.74, 6) is 1.91. The van der Waals surface area contributed by atoms with Crippen LogP contribution in [-0.4, -0.2) is 27.4 Å². The third kappa shape index (κ3) is 3.30. The fraction of sp³-hybridized carbons (Fsp3) is 0.818. The second-order valence-electron chi connectivity index (χ2n) is 4.36. The molecule has 0 aliphatic heterocycles. The molecule has 0 amide bonds. The molecule has 4 heteroatoms. The van der Waals surface area contributed by atoms with Crippen LogP contribution in [0.5, 0.6) is 0 Å². The van der Waals surface area contributed by atoms with Crippen LogP contribution in [0.25, 0.3) is 0 Å². The summed E-state index contributed by atoms with van der Waals surface area (Å²) in [6.07, 6.45) is 5.17. The Bertz CT molecular complexity index is 314. The minimum absolute atomic E-state index is 0.834. The van der Waals surface area contributed by atoms with Crippen LogP contribution in [0.15, 0.2) is 0 Å². The zero-order valence-corrected chi connectivity index (χ0v) is 9.66. The van der Waals surface area contributed by atoms with Crippen molar-refractivity contribution in [2.75, 3.05) is 6.54 Å². The highest BCUT2D eigenvalue weighted by Crippen LogP contribution is 2.18. The maximum Gasteiger partial charge on any atom is 0.147 e. The Morgan fingerprint density at radius 3 is 2.73 bits per heavy atom. The average Bonchev–Trinajstić information content (AvgIpc) is 2.94. The van der Waals surface area contributed by atoms with Crippen LogP contribution in [0.2, 0.25) is 0 Å². The van der Waals surface area contributed by atoms with E-state index in [-0.39, 0.29) is 0 Å². The predicted octanol–water partition coefficient (Wildman–Crippen LogP) is 1.43. The van der Waals surface area contributed by atoms with Crippen molar-refractivity contribution in [2.45, 2.75) is 52.1 Å². The highest BCUT2D eigenvalue weighted by molar-refractivity contribution is 4.87. The van der Waals surface area contributed by atoms with Gasteiger partial charge in [-0.25, -0.2) is 4.98 Å². The summed E-state index contributed by atoms with van der Waals surface area (Å²) >= 11 is 0. The van der Waals surface area contributed by atoms with E-state index in [1.807, 2.05) is 18.5 Å². The van der Waals surface area contributed by atoms with Crippen molar-refractivity contribution in [3.05, 3.63) is 11.6 Å². The molecule has 1 aromatic heterocycles. The predicted molar refractivity (Wildman–Crippen MR) is 59.8 cm³/mol. The van der Waals surface area contributed by atoms with E-state index in [4.69, 9.17) is 0 Å². The summed E-state index contributed by atoms with van der Waals surface area (Å²) in [7, 11) is 0. The van der Waals surface area contributed by atoms with Gasteiger partial charge in [0.25, 0.3) is 0 Å². The molecule has 0 spiro atoms. The number of nitrogens with zero attached hydrogens (tertiary/aromatic N) is 3. The highest BCUT2D eigenvalue weighted by Gasteiger charge is 2.19. The molecular formula is C11H20N4. The maximum atomic E-state index is 4.34. The highest BCUT2D eigenvalue weighted by atomic mass is 15.3. The van der Waals surface area contributed by atoms with E-state index in [9.17, 15) is 0 Å². The number of hydrogen-bond donors (Lipinski definition) is 1. The van der Waals surface area contributed by atoms with E-state index in [0.29, 0.717) is 0 Å². The topological polar surface area (TPSA) is 42.7 Å². The van der Waals surface area contributed by atoms with Crippen molar-refractivity contribution >= 4 is 0 Å². The van der Waals surface area contributed by atoms with Crippen molar-refractivity contribution < 1.29 is 0 Å². The van der Waals surface area contributed by atoms with Crippen LogP contribution in [-0.2, 0) is 6.54 Å². The Balaban J connectivity index is 1.62. The molecule has 0 bridgehead atoms. The molecule has 1 aliphatic carbocycles. The molecule has 0 unspecified atom stereocenters. The second-order valence-corrected chi connectivity index (χ2v) is 4.36. The Morgan fingerprint density at radius 2 is 2.13 bits per heavy atom. The number of unbranched alkanes of at least 4 members (excludes halogenated alkanes) is 1. The Hall–Kier alpha value is -0.900. The molecule has 2 rings (SSSR count). The van der Waals surface area contributed by atoms with Crippen LogP contribution >= 0.6 is 0 Å². The fourth-order valence-corrected chi connectivity index (χ4v) is 1.75. The van der Waals surface area contributed by atoms with E-state index in [0.717, 1.165) is 30.8 Å². The van der Waals surface area contributed by atoms with Gasteiger partial charge in [-0.2, -0.15) is 5.10 Å². The monoisotopic (exact) mass is 208 g/mol. The molecule has 1 aromatic rings. The van der Waals surface area contributed by atoms with Gasteiger partial charge < -0.3 is 5.32 Å². The molecule has 1 saturated carbocycles. The Morgan fingerprint density at radius 1 is 1.33 bits per heavy atom. The normalized spacial score (nSPS) is 15.9. The molecule has 1 N–H and O–H groups in total. The molecule has 0 radical (unpaired) electrons. The smallest absolute Gasteiger partial charge is 0.147 e. The van der Waals surface area contributed by atoms with Crippen LogP contribution in [0.4, 0.5) is 0 Å². The summed E-state index contributed by atoms with van der Waals surface area (Å²) in [4.78, 5) is 4.28. The SMILES string of the molecule is Cc1nc(C)n(CCCCNC2CC2)n1. The van der Waals surface area contributed by atoms with Gasteiger partial charge in [-0.3, -0.25) is 4.68 Å². The molecule has 0 atom stereocenters. The Labute approximate surface area is 91.1 Å². The van der Waals surface area contributed by atoms with E-state index in [1.54, 1.807) is 0 Å². The van der Waals surface area contributed by atoms with Gasteiger partial charge in [0, 0.05) is 12.6 Å². The number of hydrogen-bond acceptors (Lipinski definition) is 3. The van der Waals surface area contributed by atoms with Crippen molar-refractivity contribution in [3.63, 3.8) is 0 Å². The van der Waals surface area contributed by atoms with Crippen molar-refractivity contribution in [2.24, 2.45) is 0 Å². The van der Waals surface area contributed by atoms with E-state index in [2.05, 4.69) is 15.4 Å². The first-order valence-electron chi connectivity index (χ1n) is 5.87. The molecule has 1 heterocycles. The lowest BCUT2D eigenvalue weighted by Gasteiger charge is -2.04. The van der Waals surface area contributed by atoms with Crippen molar-refractivity contribution in [1.82, 2.24) is 20.1 Å². The minimum atomic E-state index is 0.834. The molecule has 0 aromatic carbocycles. The summed E-state index contributed by atoms with van der Waals surface area (Å²) in [5.41, 5.74) is 0. The van der Waals surface area contributed by atoms with E-state index >= 15 is 0 Å². The second kappa shape index (κ2) is 4.75. The zero-order valence-electron chi connectivity index (χ0n) is 9.66. The van der Waals surface area contributed by atoms with Gasteiger partial charge in [0.2, 0.25) is 0 Å². The molecular weight excluding hydrogens is 188 g/mol. The summed E-state index contributed by atoms with van der Waals surface area (Å²) in [6.45, 7) is 6.11. The van der Waals surface area contributed by atoms with Gasteiger partial charge in [-0.1, -0.05) is 0 Å². The minimum Gasteiger partial charge on any atom is -0.314 e. The first-order valence-corrected chi connectivity index (χ1v) is 5.87. The van der Waals surface area contributed by atoms with E-state index in [1.165, 1.54) is 25.7 Å². The number of aromatic nitrogens is 3. The lowest BCUT2D eigenvalue weighted by atomic mass is 10.3. The molecule has 0 saturated heterocycles. The van der Waals surface area contributed by atoms with Gasteiger partial charge >= 0.3 is 0 Å². The standard InChI is InChI=1S/C11H20N4/c1-9-13-10(2)15(14-9)8-4-3-7-12-11-5-6-11/h11-12H,3-8H2,1-2H3. The summed E-state index contributed by atoms with van der Waals surface area (Å²) in [6, 6.07) is 0.834. The molecule has 1 fully saturated rings. The van der Waals surface area contributed by atoms with Gasteiger partial charge in [-0.05, 0) is 46.1 Å². The van der Waals surface area contributed by atoms with Gasteiger partial charge in [-0.15, -0.1) is 0 Å². The first-order chi connectivity index (χ1) is 7.25. The van der Waals surface area contributed by atoms with E-state index < -0.39 is 0 Å². The fourth-order valence-electron chi connectivity index (χ4n) is 1.75. The molecule has 15 heavy (non-hydrogen) atoms. The summed E-state index contributed by atoms with van der Waals surface area (Å²) in [5, 5.41) is 7.86. The van der Waals surface area contributed by atoms with Crippen LogP contribution in [0, 0.1) is 13.8 Å². The number of rotatable bonds is 6. The van der Waals surface area contributed by atoms with Crippen LogP contribution in [0.1, 0.15) is 37.3 Å². The van der Waals surface area contributed by atoms with Gasteiger partial charge in [0.15, 0.2) is 0 Å². The van der Waals surface area contributed by atoms with Crippen molar-refractivity contribution in [3.8, 4) is 0 Å². The molecule has 4 nitrogen and oxygen atoms in total. The summed E-state index contributed by atoms with van der Waals surface area (Å²) < 4.78 is 2.01. The third-order valence-electron chi connectivity index (χ3n) is 2.77.